The Balaban J connectivity index is 1.28. The van der Waals surface area contributed by atoms with Crippen molar-refractivity contribution in [2.75, 3.05) is 11.4 Å². The van der Waals surface area contributed by atoms with Gasteiger partial charge >= 0.3 is 0 Å². The fraction of sp³-hybridized carbons (Fsp3) is 0.111. The summed E-state index contributed by atoms with van der Waals surface area (Å²) in [5.41, 5.74) is 4.96. The zero-order valence-electron chi connectivity index (χ0n) is 21.3. The Morgan fingerprint density at radius 1 is 0.632 bits per heavy atom. The Bertz CT molecular complexity index is 1900. The van der Waals surface area contributed by atoms with E-state index in [0.717, 1.165) is 23.6 Å². The molecule has 2 atom stereocenters. The molecule has 0 radical (unpaired) electrons. The molecule has 1 aromatic heterocycles. The van der Waals surface area contributed by atoms with Crippen LogP contribution in [0.1, 0.15) is 18.4 Å². The molecule has 2 heterocycles. The lowest BCUT2D eigenvalue weighted by molar-refractivity contribution is 0.597. The molecule has 0 saturated carbocycles. The molecule has 2 aliphatic rings. The molecule has 8 rings (SSSR count). The van der Waals surface area contributed by atoms with Crippen molar-refractivity contribution in [2.45, 2.75) is 18.9 Å². The summed E-state index contributed by atoms with van der Waals surface area (Å²) < 4.78 is 6.61. The van der Waals surface area contributed by atoms with Crippen LogP contribution in [0.5, 0.6) is 0 Å². The fourth-order valence-electron chi connectivity index (χ4n) is 6.75. The number of rotatable bonds is 3. The van der Waals surface area contributed by atoms with Gasteiger partial charge in [-0.3, -0.25) is 0 Å². The largest absolute Gasteiger partial charge is 0.456 e. The first kappa shape index (κ1) is 21.5. The predicted molar refractivity (Wildman–Crippen MR) is 160 cm³/mol. The van der Waals surface area contributed by atoms with E-state index < -0.39 is 0 Å². The van der Waals surface area contributed by atoms with Crippen LogP contribution < -0.4 is 4.90 Å². The maximum atomic E-state index is 6.61. The van der Waals surface area contributed by atoms with Crippen molar-refractivity contribution in [3.05, 3.63) is 127 Å². The molecule has 6 aromatic rings. The third-order valence-corrected chi connectivity index (χ3v) is 8.42. The fourth-order valence-corrected chi connectivity index (χ4v) is 6.75. The number of furan rings is 1. The first-order valence-corrected chi connectivity index (χ1v) is 13.5. The van der Waals surface area contributed by atoms with E-state index in [9.17, 15) is 0 Å². The number of hydrogen-bond acceptors (Lipinski definition) is 2. The topological polar surface area (TPSA) is 16.4 Å². The Morgan fingerprint density at radius 3 is 2.03 bits per heavy atom. The molecular weight excluding hydrogens is 462 g/mol. The molecule has 0 N–H and O–H groups in total. The van der Waals surface area contributed by atoms with E-state index in [0.29, 0.717) is 12.0 Å². The summed E-state index contributed by atoms with van der Waals surface area (Å²) in [7, 11) is 0. The maximum Gasteiger partial charge on any atom is 0.136 e. The van der Waals surface area contributed by atoms with Gasteiger partial charge in [0.1, 0.15) is 11.5 Å². The highest BCUT2D eigenvalue weighted by Crippen LogP contribution is 2.49. The van der Waals surface area contributed by atoms with Gasteiger partial charge in [-0.05, 0) is 69.1 Å². The Labute approximate surface area is 222 Å². The van der Waals surface area contributed by atoms with E-state index >= 15 is 0 Å². The number of para-hydroxylation sites is 1. The summed E-state index contributed by atoms with van der Waals surface area (Å²) in [6, 6.07) is 35.5. The molecule has 5 aromatic carbocycles. The standard InChI is InChI=1S/C36H27NO/c1-2-37-33-17-8-7-14-29(33)30-15-9-16-31(36(30)37)35-21-20-34(38-35)23-18-19-28-26-12-4-3-10-24(26)25-11-5-6-13-27(25)32(28)22-23/h3-22,29,33H,2H2,1H3. The van der Waals surface area contributed by atoms with Crippen molar-refractivity contribution in [1.82, 2.24) is 0 Å². The van der Waals surface area contributed by atoms with Gasteiger partial charge in [-0.15, -0.1) is 0 Å². The minimum atomic E-state index is 0.374. The van der Waals surface area contributed by atoms with Gasteiger partial charge in [-0.1, -0.05) is 97.1 Å². The van der Waals surface area contributed by atoms with E-state index in [1.54, 1.807) is 0 Å². The number of fused-ring (bicyclic) bond motifs is 9. The van der Waals surface area contributed by atoms with Crippen molar-refractivity contribution in [1.29, 1.82) is 0 Å². The lowest BCUT2D eigenvalue weighted by Crippen LogP contribution is -2.32. The molecule has 2 nitrogen and oxygen atoms in total. The minimum absolute atomic E-state index is 0.374. The minimum Gasteiger partial charge on any atom is -0.456 e. The summed E-state index contributed by atoms with van der Waals surface area (Å²) in [6.07, 6.45) is 9.01. The molecule has 1 aliphatic heterocycles. The zero-order chi connectivity index (χ0) is 25.2. The lowest BCUT2D eigenvalue weighted by Gasteiger charge is -2.27. The van der Waals surface area contributed by atoms with Gasteiger partial charge in [0.2, 0.25) is 0 Å². The molecule has 0 saturated heterocycles. The summed E-state index contributed by atoms with van der Waals surface area (Å²) in [5.74, 6) is 2.22. The maximum absolute atomic E-state index is 6.61. The monoisotopic (exact) mass is 489 g/mol. The van der Waals surface area contributed by atoms with Gasteiger partial charge < -0.3 is 9.32 Å². The number of anilines is 1. The first-order valence-electron chi connectivity index (χ1n) is 13.5. The highest BCUT2D eigenvalue weighted by molar-refractivity contribution is 6.25. The van der Waals surface area contributed by atoms with Crippen molar-refractivity contribution in [3.63, 3.8) is 0 Å². The van der Waals surface area contributed by atoms with Crippen LogP contribution in [0.25, 0.3) is 55.0 Å². The molecule has 1 aliphatic carbocycles. The van der Waals surface area contributed by atoms with Crippen LogP contribution in [-0.2, 0) is 0 Å². The van der Waals surface area contributed by atoms with Crippen LogP contribution in [0.4, 0.5) is 5.69 Å². The lowest BCUT2D eigenvalue weighted by atomic mass is 9.91. The van der Waals surface area contributed by atoms with Crippen molar-refractivity contribution in [3.8, 4) is 22.6 Å². The van der Waals surface area contributed by atoms with Gasteiger partial charge in [0.25, 0.3) is 0 Å². The molecule has 38 heavy (non-hydrogen) atoms. The smallest absolute Gasteiger partial charge is 0.136 e. The third kappa shape index (κ3) is 3.01. The van der Waals surface area contributed by atoms with Crippen molar-refractivity contribution in [2.24, 2.45) is 0 Å². The number of likely N-dealkylation sites (N-methyl/N-ethyl adjacent to an activating group) is 1. The highest BCUT2D eigenvalue weighted by Gasteiger charge is 2.37. The SMILES string of the molecule is CCN1c2c(-c3ccc(-c4ccc5c6ccccc6c6ccccc6c5c4)o3)cccc2C2C=CC=CC21. The van der Waals surface area contributed by atoms with Crippen LogP contribution >= 0.6 is 0 Å². The molecule has 0 bridgehead atoms. The number of benzene rings is 5. The Kier molecular flexibility index (Phi) is 4.66. The van der Waals surface area contributed by atoms with Gasteiger partial charge in [0, 0.05) is 23.6 Å². The van der Waals surface area contributed by atoms with Crippen molar-refractivity contribution < 1.29 is 4.42 Å². The quantitative estimate of drug-likeness (QED) is 0.230. The van der Waals surface area contributed by atoms with Gasteiger partial charge in [-0.2, -0.15) is 0 Å². The second-order valence-electron chi connectivity index (χ2n) is 10.3. The van der Waals surface area contributed by atoms with Gasteiger partial charge in [-0.25, -0.2) is 0 Å². The molecule has 0 amide bonds. The Morgan fingerprint density at radius 2 is 1.29 bits per heavy atom. The molecule has 182 valence electrons. The average molecular weight is 490 g/mol. The van der Waals surface area contributed by atoms with Crippen LogP contribution in [0.15, 0.2) is 126 Å². The molecule has 0 fully saturated rings. The van der Waals surface area contributed by atoms with E-state index in [2.05, 4.69) is 133 Å². The normalized spacial score (nSPS) is 18.0. The predicted octanol–water partition coefficient (Wildman–Crippen LogP) is 9.49. The molecule has 0 spiro atoms. The summed E-state index contributed by atoms with van der Waals surface area (Å²) in [6.45, 7) is 3.20. The van der Waals surface area contributed by atoms with Crippen LogP contribution in [0.2, 0.25) is 0 Å². The van der Waals surface area contributed by atoms with Gasteiger partial charge in [0.15, 0.2) is 0 Å². The van der Waals surface area contributed by atoms with E-state index in [4.69, 9.17) is 4.42 Å². The van der Waals surface area contributed by atoms with E-state index in [1.165, 1.54) is 49.1 Å². The summed E-state index contributed by atoms with van der Waals surface area (Å²) in [4.78, 5) is 2.52. The number of allylic oxidation sites excluding steroid dienone is 2. The summed E-state index contributed by atoms with van der Waals surface area (Å²) >= 11 is 0. The number of nitrogens with zero attached hydrogens (tertiary/aromatic N) is 1. The van der Waals surface area contributed by atoms with Crippen molar-refractivity contribution >= 4 is 38.0 Å². The van der Waals surface area contributed by atoms with Crippen LogP contribution in [0.3, 0.4) is 0 Å². The van der Waals surface area contributed by atoms with Crippen LogP contribution in [0, 0.1) is 0 Å². The second kappa shape index (κ2) is 8.22. The molecule has 2 heteroatoms. The molecular formula is C36H27NO. The third-order valence-electron chi connectivity index (χ3n) is 8.42. The Hall–Kier alpha value is -4.56. The summed E-state index contributed by atoms with van der Waals surface area (Å²) in [5, 5.41) is 7.69. The molecule has 2 unspecified atom stereocenters. The number of hydrogen-bond donors (Lipinski definition) is 0. The average Bonchev–Trinajstić information content (AvgIpc) is 3.60. The zero-order valence-corrected chi connectivity index (χ0v) is 21.3. The van der Waals surface area contributed by atoms with Gasteiger partial charge in [0.05, 0.1) is 11.7 Å². The van der Waals surface area contributed by atoms with Crippen LogP contribution in [-0.4, -0.2) is 12.6 Å². The van der Waals surface area contributed by atoms with E-state index in [1.807, 2.05) is 0 Å². The second-order valence-corrected chi connectivity index (χ2v) is 10.3. The highest BCUT2D eigenvalue weighted by atomic mass is 16.3. The first-order chi connectivity index (χ1) is 18.8. The van der Waals surface area contributed by atoms with E-state index in [-0.39, 0.29) is 0 Å².